The summed E-state index contributed by atoms with van der Waals surface area (Å²) in [5.74, 6) is 0.616. The van der Waals surface area contributed by atoms with Crippen molar-refractivity contribution in [1.82, 2.24) is 40.4 Å². The number of nitrogens with one attached hydrogen (secondary N) is 3. The van der Waals surface area contributed by atoms with Crippen LogP contribution in [0.3, 0.4) is 0 Å². The molecule has 0 radical (unpaired) electrons. The number of fused-ring (bicyclic) bond motifs is 2. The topological polar surface area (TPSA) is 121 Å². The molecule has 7 aromatic rings. The Labute approximate surface area is 217 Å². The van der Waals surface area contributed by atoms with Gasteiger partial charge >= 0.3 is 0 Å². The quantitative estimate of drug-likeness (QED) is 0.265. The van der Waals surface area contributed by atoms with Crippen molar-refractivity contribution in [3.63, 3.8) is 0 Å². The number of aromatic amines is 2. The standard InChI is InChI=1S/C29H22N8O/c1-2-4-18(5-3-1)13-30-14-19-12-21(16-31-15-19)22-6-7-24-27(33-22)28(37-36-24)29-34-23-8-10-32-25(26(23)35-29)20-9-11-38-17-20/h1-12,15-17,30H,13-14H2,(H,34,35)(H,36,37). The zero-order chi connectivity index (χ0) is 25.3. The number of furan rings is 1. The first-order chi connectivity index (χ1) is 18.8. The highest BCUT2D eigenvalue weighted by Gasteiger charge is 2.17. The van der Waals surface area contributed by atoms with E-state index < -0.39 is 0 Å². The van der Waals surface area contributed by atoms with Crippen LogP contribution in [0.4, 0.5) is 0 Å². The van der Waals surface area contributed by atoms with Gasteiger partial charge in [0.15, 0.2) is 11.5 Å². The van der Waals surface area contributed by atoms with Crippen LogP contribution in [0, 0.1) is 0 Å². The van der Waals surface area contributed by atoms with E-state index in [1.807, 2.05) is 54.9 Å². The van der Waals surface area contributed by atoms with Crippen LogP contribution in [0.1, 0.15) is 11.1 Å². The molecule has 9 heteroatoms. The number of rotatable bonds is 7. The second-order valence-electron chi connectivity index (χ2n) is 8.99. The van der Waals surface area contributed by atoms with Crippen molar-refractivity contribution in [3.8, 4) is 34.0 Å². The van der Waals surface area contributed by atoms with Crippen molar-refractivity contribution in [2.24, 2.45) is 0 Å². The fraction of sp³-hybridized carbons (Fsp3) is 0.0690. The van der Waals surface area contributed by atoms with E-state index in [-0.39, 0.29) is 0 Å². The number of hydrogen-bond acceptors (Lipinski definition) is 7. The summed E-state index contributed by atoms with van der Waals surface area (Å²) in [6.45, 7) is 1.50. The van der Waals surface area contributed by atoms with Crippen LogP contribution in [0.15, 0.2) is 96.2 Å². The molecule has 184 valence electrons. The van der Waals surface area contributed by atoms with Gasteiger partial charge in [-0.15, -0.1) is 0 Å². The summed E-state index contributed by atoms with van der Waals surface area (Å²) in [7, 11) is 0. The first-order valence-electron chi connectivity index (χ1n) is 12.2. The summed E-state index contributed by atoms with van der Waals surface area (Å²) in [5, 5.41) is 11.1. The summed E-state index contributed by atoms with van der Waals surface area (Å²) in [5.41, 5.74) is 9.50. The third-order valence-electron chi connectivity index (χ3n) is 6.42. The molecule has 0 spiro atoms. The molecule has 0 amide bonds. The summed E-state index contributed by atoms with van der Waals surface area (Å²) in [6, 6.07) is 20.2. The average molecular weight is 499 g/mol. The van der Waals surface area contributed by atoms with Crippen LogP contribution in [-0.4, -0.2) is 35.1 Å². The predicted octanol–water partition coefficient (Wildman–Crippen LogP) is 5.51. The molecule has 1 aromatic carbocycles. The van der Waals surface area contributed by atoms with Gasteiger partial charge in [-0.25, -0.2) is 9.97 Å². The van der Waals surface area contributed by atoms with Gasteiger partial charge in [-0.3, -0.25) is 15.1 Å². The Hall–Kier alpha value is -5.15. The summed E-state index contributed by atoms with van der Waals surface area (Å²) < 4.78 is 5.25. The first-order valence-corrected chi connectivity index (χ1v) is 12.2. The third-order valence-corrected chi connectivity index (χ3v) is 6.42. The van der Waals surface area contributed by atoms with Crippen molar-refractivity contribution < 1.29 is 4.42 Å². The highest BCUT2D eigenvalue weighted by atomic mass is 16.3. The van der Waals surface area contributed by atoms with Gasteiger partial charge in [-0.2, -0.15) is 5.10 Å². The Morgan fingerprint density at radius 1 is 0.789 bits per heavy atom. The number of nitrogens with zero attached hydrogens (tertiary/aromatic N) is 5. The molecule has 0 fully saturated rings. The maximum Gasteiger partial charge on any atom is 0.161 e. The van der Waals surface area contributed by atoms with Gasteiger partial charge in [0.05, 0.1) is 29.3 Å². The number of H-pyrrole nitrogens is 2. The first kappa shape index (κ1) is 22.1. The largest absolute Gasteiger partial charge is 0.472 e. The number of benzene rings is 1. The zero-order valence-electron chi connectivity index (χ0n) is 20.2. The van der Waals surface area contributed by atoms with Crippen LogP contribution in [0.5, 0.6) is 0 Å². The average Bonchev–Trinajstić information content (AvgIpc) is 3.73. The van der Waals surface area contributed by atoms with Crippen LogP contribution < -0.4 is 5.32 Å². The van der Waals surface area contributed by atoms with Crippen molar-refractivity contribution in [2.75, 3.05) is 0 Å². The van der Waals surface area contributed by atoms with Crippen LogP contribution in [-0.2, 0) is 13.1 Å². The number of imidazole rings is 1. The zero-order valence-corrected chi connectivity index (χ0v) is 20.2. The molecule has 38 heavy (non-hydrogen) atoms. The Kier molecular flexibility index (Phi) is 5.45. The number of aromatic nitrogens is 7. The fourth-order valence-corrected chi connectivity index (χ4v) is 4.55. The lowest BCUT2D eigenvalue weighted by Crippen LogP contribution is -2.12. The smallest absolute Gasteiger partial charge is 0.161 e. The molecule has 0 unspecified atom stereocenters. The predicted molar refractivity (Wildman–Crippen MR) is 145 cm³/mol. The molecule has 6 aromatic heterocycles. The molecule has 7 rings (SSSR count). The molecule has 6 heterocycles. The Bertz CT molecular complexity index is 1850. The van der Waals surface area contributed by atoms with Crippen molar-refractivity contribution >= 4 is 22.1 Å². The molecule has 0 aliphatic heterocycles. The third kappa shape index (κ3) is 4.10. The Balaban J connectivity index is 1.20. The minimum atomic E-state index is 0.616. The maximum atomic E-state index is 5.25. The molecule has 3 N–H and O–H groups in total. The number of hydrogen-bond donors (Lipinski definition) is 3. The van der Waals surface area contributed by atoms with Gasteiger partial charge in [0, 0.05) is 42.8 Å². The highest BCUT2D eigenvalue weighted by Crippen LogP contribution is 2.30. The molecule has 0 aliphatic carbocycles. The molecular weight excluding hydrogens is 476 g/mol. The van der Waals surface area contributed by atoms with Crippen LogP contribution in [0.25, 0.3) is 56.1 Å². The van der Waals surface area contributed by atoms with E-state index in [1.165, 1.54) is 5.56 Å². The van der Waals surface area contributed by atoms with Gasteiger partial charge < -0.3 is 14.7 Å². The van der Waals surface area contributed by atoms with Crippen molar-refractivity contribution in [3.05, 3.63) is 103 Å². The molecule has 0 aliphatic rings. The monoisotopic (exact) mass is 498 g/mol. The van der Waals surface area contributed by atoms with Gasteiger partial charge in [-0.1, -0.05) is 30.3 Å². The Morgan fingerprint density at radius 3 is 2.58 bits per heavy atom. The highest BCUT2D eigenvalue weighted by molar-refractivity contribution is 5.94. The second-order valence-corrected chi connectivity index (χ2v) is 8.99. The Morgan fingerprint density at radius 2 is 1.68 bits per heavy atom. The molecule has 0 bridgehead atoms. The van der Waals surface area contributed by atoms with Gasteiger partial charge in [0.1, 0.15) is 16.7 Å². The lowest BCUT2D eigenvalue weighted by Gasteiger charge is -2.07. The number of pyridine rings is 3. The lowest BCUT2D eigenvalue weighted by molar-refractivity contribution is 0.568. The second kappa shape index (κ2) is 9.38. The molecule has 0 saturated carbocycles. The summed E-state index contributed by atoms with van der Waals surface area (Å²) >= 11 is 0. The van der Waals surface area contributed by atoms with Crippen LogP contribution in [0.2, 0.25) is 0 Å². The van der Waals surface area contributed by atoms with E-state index in [1.54, 1.807) is 18.7 Å². The van der Waals surface area contributed by atoms with Crippen molar-refractivity contribution in [1.29, 1.82) is 0 Å². The normalized spacial score (nSPS) is 11.5. The SMILES string of the molecule is c1ccc(CNCc2cncc(-c3ccc4[nH]nc(-c5nc6c(-c7ccoc7)nccc6[nH]5)c4n3)c2)cc1. The fourth-order valence-electron chi connectivity index (χ4n) is 4.55. The van der Waals surface area contributed by atoms with E-state index >= 15 is 0 Å². The van der Waals surface area contributed by atoms with E-state index in [4.69, 9.17) is 14.4 Å². The summed E-state index contributed by atoms with van der Waals surface area (Å²) in [4.78, 5) is 22.1. The molecule has 9 nitrogen and oxygen atoms in total. The van der Waals surface area contributed by atoms with Crippen molar-refractivity contribution in [2.45, 2.75) is 13.1 Å². The minimum absolute atomic E-state index is 0.616. The minimum Gasteiger partial charge on any atom is -0.472 e. The van der Waals surface area contributed by atoms with E-state index in [2.05, 4.69) is 48.7 Å². The van der Waals surface area contributed by atoms with E-state index in [0.717, 1.165) is 56.7 Å². The molecule has 0 saturated heterocycles. The van der Waals surface area contributed by atoms with Crippen LogP contribution >= 0.6 is 0 Å². The van der Waals surface area contributed by atoms with Gasteiger partial charge in [0.2, 0.25) is 0 Å². The van der Waals surface area contributed by atoms with Gasteiger partial charge in [0.25, 0.3) is 0 Å². The molecular formula is C29H22N8O. The molecule has 0 atom stereocenters. The maximum absolute atomic E-state index is 5.25. The lowest BCUT2D eigenvalue weighted by atomic mass is 10.1. The summed E-state index contributed by atoms with van der Waals surface area (Å²) in [6.07, 6.45) is 8.74. The van der Waals surface area contributed by atoms with Gasteiger partial charge in [-0.05, 0) is 41.5 Å². The van der Waals surface area contributed by atoms with E-state index in [9.17, 15) is 0 Å². The van der Waals surface area contributed by atoms with E-state index in [0.29, 0.717) is 18.1 Å².